The minimum Gasteiger partial charge on any atom is -0.495 e. The van der Waals surface area contributed by atoms with Gasteiger partial charge in [-0.1, -0.05) is 29.3 Å². The molecule has 0 aromatic heterocycles. The number of ether oxygens (including phenoxy) is 1. The fraction of sp³-hybridized carbons (Fsp3) is 0.0714. The molecule has 0 aliphatic rings. The van der Waals surface area contributed by atoms with Gasteiger partial charge in [-0.15, -0.1) is 0 Å². The van der Waals surface area contributed by atoms with Crippen molar-refractivity contribution >= 4 is 34.6 Å². The lowest BCUT2D eigenvalue weighted by Gasteiger charge is -2.10. The zero-order valence-electron chi connectivity index (χ0n) is 10.1. The van der Waals surface area contributed by atoms with E-state index < -0.39 is 0 Å². The van der Waals surface area contributed by atoms with Crippen LogP contribution in [0.15, 0.2) is 36.4 Å². The zero-order valence-corrected chi connectivity index (χ0v) is 11.6. The molecule has 0 fully saturated rings. The molecule has 0 saturated heterocycles. The lowest BCUT2D eigenvalue weighted by Crippen LogP contribution is -1.94. The van der Waals surface area contributed by atoms with E-state index in [1.54, 1.807) is 37.4 Å². The van der Waals surface area contributed by atoms with Gasteiger partial charge in [-0.2, -0.15) is 5.26 Å². The highest BCUT2D eigenvalue weighted by Gasteiger charge is 2.07. The average molecular weight is 293 g/mol. The number of halogens is 2. The molecule has 3 nitrogen and oxygen atoms in total. The van der Waals surface area contributed by atoms with Crippen LogP contribution in [0, 0.1) is 11.3 Å². The topological polar surface area (TPSA) is 45.0 Å². The Morgan fingerprint density at radius 2 is 1.95 bits per heavy atom. The van der Waals surface area contributed by atoms with Gasteiger partial charge in [-0.05, 0) is 30.3 Å². The molecular weight excluding hydrogens is 283 g/mol. The van der Waals surface area contributed by atoms with Crippen LogP contribution in [0.1, 0.15) is 5.56 Å². The van der Waals surface area contributed by atoms with Crippen LogP contribution >= 0.6 is 23.2 Å². The molecule has 0 atom stereocenters. The van der Waals surface area contributed by atoms with Gasteiger partial charge < -0.3 is 10.1 Å². The predicted molar refractivity (Wildman–Crippen MR) is 77.5 cm³/mol. The second-order valence-electron chi connectivity index (χ2n) is 3.75. The van der Waals surface area contributed by atoms with Crippen molar-refractivity contribution in [3.05, 3.63) is 52.0 Å². The fourth-order valence-corrected chi connectivity index (χ4v) is 2.12. The maximum Gasteiger partial charge on any atom is 0.137 e. The first-order chi connectivity index (χ1) is 9.15. The van der Waals surface area contributed by atoms with Crippen LogP contribution in [0.3, 0.4) is 0 Å². The number of benzene rings is 2. The van der Waals surface area contributed by atoms with Crippen LogP contribution in [-0.2, 0) is 0 Å². The summed E-state index contributed by atoms with van der Waals surface area (Å²) in [7, 11) is 1.55. The van der Waals surface area contributed by atoms with Crippen LogP contribution in [0.4, 0.5) is 11.4 Å². The minimum absolute atomic E-state index is 0.399. The molecule has 0 heterocycles. The predicted octanol–water partition coefficient (Wildman–Crippen LogP) is 4.62. The van der Waals surface area contributed by atoms with Crippen molar-refractivity contribution in [2.75, 3.05) is 12.4 Å². The van der Waals surface area contributed by atoms with Gasteiger partial charge in [0.25, 0.3) is 0 Å². The Morgan fingerprint density at radius 1 is 1.16 bits per heavy atom. The fourth-order valence-electron chi connectivity index (χ4n) is 1.64. The lowest BCUT2D eigenvalue weighted by molar-refractivity contribution is 0.415. The Kier molecular flexibility index (Phi) is 4.16. The largest absolute Gasteiger partial charge is 0.495 e. The Balaban J connectivity index is 2.34. The van der Waals surface area contributed by atoms with Gasteiger partial charge in [0.15, 0.2) is 0 Å². The molecule has 1 N–H and O–H groups in total. The molecule has 0 spiro atoms. The summed E-state index contributed by atoms with van der Waals surface area (Å²) in [6.07, 6.45) is 0. The van der Waals surface area contributed by atoms with E-state index in [0.717, 1.165) is 5.69 Å². The molecule has 19 heavy (non-hydrogen) atoms. The monoisotopic (exact) mass is 292 g/mol. The molecule has 2 aromatic rings. The molecule has 0 unspecified atom stereocenters. The minimum atomic E-state index is 0.399. The number of anilines is 2. The number of hydrogen-bond acceptors (Lipinski definition) is 3. The summed E-state index contributed by atoms with van der Waals surface area (Å²) in [4.78, 5) is 0. The lowest BCUT2D eigenvalue weighted by atomic mass is 10.2. The number of methoxy groups -OCH3 is 1. The highest BCUT2D eigenvalue weighted by atomic mass is 35.5. The van der Waals surface area contributed by atoms with Crippen LogP contribution in [-0.4, -0.2) is 7.11 Å². The molecule has 0 amide bonds. The molecule has 0 radical (unpaired) electrons. The Bertz CT molecular complexity index is 650. The Hall–Kier alpha value is -1.89. The first-order valence-electron chi connectivity index (χ1n) is 5.45. The van der Waals surface area contributed by atoms with Crippen molar-refractivity contribution in [1.82, 2.24) is 0 Å². The van der Waals surface area contributed by atoms with E-state index in [9.17, 15) is 0 Å². The second kappa shape index (κ2) is 5.83. The highest BCUT2D eigenvalue weighted by Crippen LogP contribution is 2.31. The Labute approximate surface area is 121 Å². The van der Waals surface area contributed by atoms with E-state index in [1.807, 2.05) is 6.07 Å². The SMILES string of the molecule is COc1ccc(Nc2cccc(Cl)c2C#N)cc1Cl. The van der Waals surface area contributed by atoms with Gasteiger partial charge in [0, 0.05) is 5.69 Å². The third kappa shape index (κ3) is 2.93. The van der Waals surface area contributed by atoms with Crippen LogP contribution in [0.5, 0.6) is 5.75 Å². The quantitative estimate of drug-likeness (QED) is 0.898. The molecule has 0 aliphatic carbocycles. The van der Waals surface area contributed by atoms with E-state index in [-0.39, 0.29) is 0 Å². The van der Waals surface area contributed by atoms with E-state index in [4.69, 9.17) is 33.2 Å². The number of nitriles is 1. The van der Waals surface area contributed by atoms with Crippen LogP contribution in [0.2, 0.25) is 10.0 Å². The van der Waals surface area contributed by atoms with Crippen molar-refractivity contribution in [3.8, 4) is 11.8 Å². The van der Waals surface area contributed by atoms with Gasteiger partial charge in [0.1, 0.15) is 11.8 Å². The standard InChI is InChI=1S/C14H10Cl2N2O/c1-19-14-6-5-9(7-12(14)16)18-13-4-2-3-11(15)10(13)8-17/h2-7,18H,1H3. The average Bonchev–Trinajstić information content (AvgIpc) is 2.39. The molecular formula is C14H10Cl2N2O. The van der Waals surface area contributed by atoms with Gasteiger partial charge >= 0.3 is 0 Å². The highest BCUT2D eigenvalue weighted by molar-refractivity contribution is 6.32. The van der Waals surface area contributed by atoms with E-state index in [2.05, 4.69) is 11.4 Å². The van der Waals surface area contributed by atoms with Crippen molar-refractivity contribution in [1.29, 1.82) is 5.26 Å². The summed E-state index contributed by atoms with van der Waals surface area (Å²) >= 11 is 12.0. The maximum absolute atomic E-state index is 9.09. The van der Waals surface area contributed by atoms with Gasteiger partial charge in [0.2, 0.25) is 0 Å². The van der Waals surface area contributed by atoms with E-state index >= 15 is 0 Å². The first kappa shape index (κ1) is 13.5. The van der Waals surface area contributed by atoms with Gasteiger partial charge in [-0.3, -0.25) is 0 Å². The smallest absolute Gasteiger partial charge is 0.137 e. The van der Waals surface area contributed by atoms with Crippen LogP contribution in [0.25, 0.3) is 0 Å². The number of hydrogen-bond donors (Lipinski definition) is 1. The van der Waals surface area contributed by atoms with E-state index in [0.29, 0.717) is 27.0 Å². The van der Waals surface area contributed by atoms with Gasteiger partial charge in [-0.25, -0.2) is 0 Å². The summed E-state index contributed by atoms with van der Waals surface area (Å²) in [5.41, 5.74) is 1.79. The van der Waals surface area contributed by atoms with Crippen molar-refractivity contribution < 1.29 is 4.74 Å². The number of rotatable bonds is 3. The normalized spacial score (nSPS) is 9.79. The molecule has 0 saturated carbocycles. The summed E-state index contributed by atoms with van der Waals surface area (Å²) < 4.78 is 5.08. The number of nitrogens with one attached hydrogen (secondary N) is 1. The van der Waals surface area contributed by atoms with Crippen LogP contribution < -0.4 is 10.1 Å². The summed E-state index contributed by atoms with van der Waals surface area (Å²) in [6, 6.07) is 12.6. The second-order valence-corrected chi connectivity index (χ2v) is 4.56. The third-order valence-electron chi connectivity index (χ3n) is 2.56. The number of nitrogens with zero attached hydrogens (tertiary/aromatic N) is 1. The molecule has 2 aromatic carbocycles. The maximum atomic E-state index is 9.09. The molecule has 0 aliphatic heterocycles. The molecule has 5 heteroatoms. The summed E-state index contributed by atoms with van der Waals surface area (Å²) in [5.74, 6) is 0.596. The summed E-state index contributed by atoms with van der Waals surface area (Å²) in [5, 5.41) is 13.1. The Morgan fingerprint density at radius 3 is 2.58 bits per heavy atom. The van der Waals surface area contributed by atoms with Crippen molar-refractivity contribution in [3.63, 3.8) is 0 Å². The van der Waals surface area contributed by atoms with Crippen molar-refractivity contribution in [2.24, 2.45) is 0 Å². The van der Waals surface area contributed by atoms with Crippen molar-refractivity contribution in [2.45, 2.75) is 0 Å². The molecule has 0 bridgehead atoms. The van der Waals surface area contributed by atoms with Gasteiger partial charge in [0.05, 0.1) is 28.4 Å². The molecule has 2 rings (SSSR count). The molecule has 96 valence electrons. The zero-order chi connectivity index (χ0) is 13.8. The third-order valence-corrected chi connectivity index (χ3v) is 3.17. The summed E-state index contributed by atoms with van der Waals surface area (Å²) in [6.45, 7) is 0. The first-order valence-corrected chi connectivity index (χ1v) is 6.20. The van der Waals surface area contributed by atoms with E-state index in [1.165, 1.54) is 0 Å².